The average Bonchev–Trinajstić information content (AvgIpc) is 3.88. The number of hydrogen-bond donors (Lipinski definition) is 4. The van der Waals surface area contributed by atoms with Crippen LogP contribution in [0.15, 0.2) is 54.6 Å². The van der Waals surface area contributed by atoms with Crippen molar-refractivity contribution in [3.8, 4) is 5.75 Å². The number of amides is 4. The zero-order valence-electron chi connectivity index (χ0n) is 29.4. The van der Waals surface area contributed by atoms with Crippen LogP contribution in [-0.4, -0.2) is 108 Å². The molecule has 0 radical (unpaired) electrons. The highest BCUT2D eigenvalue weighted by Crippen LogP contribution is 2.40. The first-order valence-electron chi connectivity index (χ1n) is 17.5. The third-order valence-electron chi connectivity index (χ3n) is 9.78. The molecule has 5 rings (SSSR count). The fraction of sp³-hybridized carbons (Fsp3) is 0.568. The van der Waals surface area contributed by atoms with Gasteiger partial charge in [0.05, 0.1) is 18.5 Å². The highest BCUT2D eigenvalue weighted by molar-refractivity contribution is 8.00. The number of carbonyl (C=O) groups excluding carboxylic acids is 4. The maximum Gasteiger partial charge on any atom is 0.258 e. The van der Waals surface area contributed by atoms with Crippen LogP contribution in [-0.2, 0) is 30.3 Å². The van der Waals surface area contributed by atoms with Gasteiger partial charge in [-0.2, -0.15) is 0 Å². The summed E-state index contributed by atoms with van der Waals surface area (Å²) in [5, 5.41) is 20.6. The second-order valence-corrected chi connectivity index (χ2v) is 15.8. The highest BCUT2D eigenvalue weighted by atomic mass is 32.2. The number of hydrogen-bond acceptors (Lipinski definition) is 9. The molecule has 2 heterocycles. The fourth-order valence-electron chi connectivity index (χ4n) is 6.92. The Bertz CT molecular complexity index is 1480. The largest absolute Gasteiger partial charge is 0.484 e. The van der Waals surface area contributed by atoms with Gasteiger partial charge in [0.1, 0.15) is 17.8 Å². The second-order valence-electron chi connectivity index (χ2n) is 14.2. The Morgan fingerprint density at radius 1 is 1.04 bits per heavy atom. The first-order chi connectivity index (χ1) is 23.9. The molecule has 3 fully saturated rings. The van der Waals surface area contributed by atoms with Crippen LogP contribution < -0.4 is 25.6 Å². The highest BCUT2D eigenvalue weighted by Gasteiger charge is 2.50. The van der Waals surface area contributed by atoms with E-state index in [0.29, 0.717) is 18.8 Å². The monoisotopic (exact) mass is 709 g/mol. The Hall–Kier alpha value is -3.81. The Labute approximate surface area is 299 Å². The zero-order chi connectivity index (χ0) is 35.8. The minimum atomic E-state index is -1.65. The second kappa shape index (κ2) is 16.9. The molecule has 2 aromatic carbocycles. The van der Waals surface area contributed by atoms with Crippen molar-refractivity contribution in [2.24, 2.45) is 5.92 Å². The number of rotatable bonds is 14. The summed E-state index contributed by atoms with van der Waals surface area (Å²) >= 11 is 1.48. The molecule has 1 aliphatic carbocycles. The van der Waals surface area contributed by atoms with Gasteiger partial charge in [0.15, 0.2) is 12.7 Å². The Morgan fingerprint density at radius 3 is 2.46 bits per heavy atom. The Kier molecular flexibility index (Phi) is 12.7. The van der Waals surface area contributed by atoms with E-state index >= 15 is 0 Å². The Balaban J connectivity index is 1.31. The number of anilines is 1. The Morgan fingerprint density at radius 2 is 1.78 bits per heavy atom. The minimum absolute atomic E-state index is 0.0798. The first-order valence-corrected chi connectivity index (χ1v) is 18.5. The van der Waals surface area contributed by atoms with Crippen LogP contribution in [0.3, 0.4) is 0 Å². The molecule has 4 amide bonds. The van der Waals surface area contributed by atoms with Gasteiger partial charge in [-0.15, -0.1) is 11.8 Å². The van der Waals surface area contributed by atoms with E-state index in [4.69, 9.17) is 9.47 Å². The number of carbonyl (C=O) groups is 4. The van der Waals surface area contributed by atoms with E-state index in [1.54, 1.807) is 6.07 Å². The summed E-state index contributed by atoms with van der Waals surface area (Å²) in [7, 11) is 3.82. The first kappa shape index (κ1) is 37.4. The summed E-state index contributed by atoms with van der Waals surface area (Å²) in [6.07, 6.45) is 2.98. The van der Waals surface area contributed by atoms with E-state index in [2.05, 4.69) is 16.0 Å². The van der Waals surface area contributed by atoms with Gasteiger partial charge in [0, 0.05) is 49.2 Å². The number of aliphatic hydroxyl groups is 1. The van der Waals surface area contributed by atoms with Crippen LogP contribution in [0, 0.1) is 5.92 Å². The topological polar surface area (TPSA) is 150 Å². The van der Waals surface area contributed by atoms with Crippen molar-refractivity contribution in [3.63, 3.8) is 0 Å². The molecule has 5 atom stereocenters. The van der Waals surface area contributed by atoms with Crippen molar-refractivity contribution in [2.45, 2.75) is 87.4 Å². The molecule has 2 aliphatic heterocycles. The lowest BCUT2D eigenvalue weighted by Crippen LogP contribution is -2.61. The third-order valence-corrected chi connectivity index (χ3v) is 11.2. The van der Waals surface area contributed by atoms with E-state index < -0.39 is 46.7 Å². The van der Waals surface area contributed by atoms with Gasteiger partial charge in [-0.05, 0) is 57.2 Å². The van der Waals surface area contributed by atoms with Gasteiger partial charge in [-0.25, -0.2) is 0 Å². The number of ether oxygens (including phenoxy) is 2. The van der Waals surface area contributed by atoms with Crippen LogP contribution in [0.2, 0.25) is 0 Å². The van der Waals surface area contributed by atoms with Crippen molar-refractivity contribution in [2.75, 3.05) is 44.7 Å². The van der Waals surface area contributed by atoms with E-state index in [1.165, 1.54) is 16.7 Å². The van der Waals surface area contributed by atoms with Crippen molar-refractivity contribution >= 4 is 41.1 Å². The summed E-state index contributed by atoms with van der Waals surface area (Å²) in [4.78, 5) is 58.3. The molecule has 1 saturated carbocycles. The summed E-state index contributed by atoms with van der Waals surface area (Å²) < 4.78 is 10.7. The standard InChI is InChI=1S/C37H51N5O7S/c1-37(2)33(35(46)38-26-13-8-9-14-26)42(23-50-37)36(47)32(44)29(19-24-11-6-5-7-12-24)39-34(45)31(25-17-18-48-21-25)40-30(43)22-49-28-16-10-15-27(20-28)41(3)4/h5-7,10-12,15-16,20,25-26,29,31-33,44H,8-9,13-14,17-19,21-23H2,1-4H3,(H,38,46)(H,39,45)(H,40,43)/t25-,29-,31-,32-,33+/m0/s1. The van der Waals surface area contributed by atoms with Gasteiger partial charge >= 0.3 is 0 Å². The lowest BCUT2D eigenvalue weighted by atomic mass is 9.95. The van der Waals surface area contributed by atoms with Gasteiger partial charge in [0.25, 0.3) is 11.8 Å². The molecule has 2 aromatic rings. The minimum Gasteiger partial charge on any atom is -0.484 e. The molecular formula is C37H51N5O7S. The van der Waals surface area contributed by atoms with E-state index in [9.17, 15) is 24.3 Å². The SMILES string of the molecule is CN(C)c1cccc(OCC(=O)N[C@H](C(=O)N[C@@H](Cc2ccccc2)[C@H](O)C(=O)N2CSC(C)(C)[C@H]2C(=O)NC2CCCC2)[C@H]2CCOC2)c1. The molecule has 4 N–H and O–H groups in total. The third kappa shape index (κ3) is 9.49. The van der Waals surface area contributed by atoms with Crippen molar-refractivity contribution in [3.05, 3.63) is 60.2 Å². The van der Waals surface area contributed by atoms with Gasteiger partial charge in [0.2, 0.25) is 11.8 Å². The van der Waals surface area contributed by atoms with Gasteiger partial charge < -0.3 is 40.3 Å². The summed E-state index contributed by atoms with van der Waals surface area (Å²) in [5.74, 6) is -1.46. The zero-order valence-corrected chi connectivity index (χ0v) is 30.2. The maximum absolute atomic E-state index is 14.1. The van der Waals surface area contributed by atoms with Crippen LogP contribution in [0.25, 0.3) is 0 Å². The molecule has 0 bridgehead atoms. The number of nitrogens with zero attached hydrogens (tertiary/aromatic N) is 2. The van der Waals surface area contributed by atoms with Crippen LogP contribution in [0.1, 0.15) is 51.5 Å². The molecule has 3 aliphatic rings. The molecule has 2 saturated heterocycles. The number of thioether (sulfide) groups is 1. The lowest BCUT2D eigenvalue weighted by Gasteiger charge is -2.34. The molecule has 13 heteroatoms. The molecule has 0 aromatic heterocycles. The average molecular weight is 710 g/mol. The number of nitrogens with one attached hydrogen (secondary N) is 3. The summed E-state index contributed by atoms with van der Waals surface area (Å²) in [5.41, 5.74) is 1.71. The molecule has 0 spiro atoms. The predicted molar refractivity (Wildman–Crippen MR) is 193 cm³/mol. The van der Waals surface area contributed by atoms with Crippen LogP contribution in [0.4, 0.5) is 5.69 Å². The predicted octanol–water partition coefficient (Wildman–Crippen LogP) is 2.48. The van der Waals surface area contributed by atoms with Gasteiger partial charge in [-0.3, -0.25) is 19.2 Å². The molecule has 50 heavy (non-hydrogen) atoms. The number of aliphatic hydroxyl groups excluding tert-OH is 1. The van der Waals surface area contributed by atoms with Crippen molar-refractivity contribution in [1.82, 2.24) is 20.9 Å². The lowest BCUT2D eigenvalue weighted by molar-refractivity contribution is -0.148. The fourth-order valence-corrected chi connectivity index (χ4v) is 8.06. The van der Waals surface area contributed by atoms with Gasteiger partial charge in [-0.1, -0.05) is 49.2 Å². The summed E-state index contributed by atoms with van der Waals surface area (Å²) in [6, 6.07) is 13.9. The normalized spacial score (nSPS) is 22.0. The molecular weight excluding hydrogens is 659 g/mol. The van der Waals surface area contributed by atoms with Crippen LogP contribution >= 0.6 is 11.8 Å². The number of benzene rings is 2. The smallest absolute Gasteiger partial charge is 0.258 e. The van der Waals surface area contributed by atoms with Crippen molar-refractivity contribution < 1.29 is 33.8 Å². The summed E-state index contributed by atoms with van der Waals surface area (Å²) in [6.45, 7) is 4.26. The maximum atomic E-state index is 14.1. The molecule has 272 valence electrons. The quantitative estimate of drug-likeness (QED) is 0.232. The van der Waals surface area contributed by atoms with E-state index in [-0.39, 0.29) is 43.4 Å². The van der Waals surface area contributed by atoms with E-state index in [1.807, 2.05) is 81.4 Å². The van der Waals surface area contributed by atoms with Crippen LogP contribution in [0.5, 0.6) is 5.75 Å². The van der Waals surface area contributed by atoms with E-state index in [0.717, 1.165) is 36.9 Å². The molecule has 12 nitrogen and oxygen atoms in total. The molecule has 0 unspecified atom stereocenters. The van der Waals surface area contributed by atoms with Crippen molar-refractivity contribution in [1.29, 1.82) is 0 Å².